The minimum Gasteiger partial charge on any atom is -0.489 e. The third-order valence-electron chi connectivity index (χ3n) is 5.18. The van der Waals surface area contributed by atoms with E-state index in [9.17, 15) is 4.79 Å². The number of amides is 1. The van der Waals surface area contributed by atoms with E-state index in [2.05, 4.69) is 52.6 Å². The molecule has 1 fully saturated rings. The molecule has 1 amide bonds. The van der Waals surface area contributed by atoms with E-state index in [1.165, 1.54) is 23.0 Å². The molecule has 0 bridgehead atoms. The lowest BCUT2D eigenvalue weighted by molar-refractivity contribution is -0.113. The van der Waals surface area contributed by atoms with Crippen molar-refractivity contribution in [1.82, 2.24) is 4.90 Å². The Balaban J connectivity index is 1.42. The van der Waals surface area contributed by atoms with Crippen molar-refractivity contribution in [3.63, 3.8) is 0 Å². The van der Waals surface area contributed by atoms with Gasteiger partial charge in [-0.1, -0.05) is 49.1 Å². The number of hydrogen-bond acceptors (Lipinski definition) is 5. The van der Waals surface area contributed by atoms with Gasteiger partial charge in [0, 0.05) is 37.4 Å². The van der Waals surface area contributed by atoms with Crippen LogP contribution in [0.15, 0.2) is 71.1 Å². The van der Waals surface area contributed by atoms with Crippen LogP contribution in [0.5, 0.6) is 5.75 Å². The fourth-order valence-corrected chi connectivity index (χ4v) is 4.57. The standard InChI is InChI=1S/C24H25N3O2S/c1-3-16-29-21-11-7-5-9-19(21)17-22-23(28)25-24(30-22)27-14-12-26(13-15-27)20-10-6-4-8-18(20)2/h3-11,17H,1,12-16H2,2H3/b22-17+. The first-order valence-corrected chi connectivity index (χ1v) is 10.9. The number of amidine groups is 1. The molecule has 154 valence electrons. The molecule has 0 radical (unpaired) electrons. The molecule has 30 heavy (non-hydrogen) atoms. The molecule has 6 heteroatoms. The molecule has 0 atom stereocenters. The maximum atomic E-state index is 12.5. The number of ether oxygens (including phenoxy) is 1. The molecule has 0 N–H and O–H groups in total. The summed E-state index contributed by atoms with van der Waals surface area (Å²) in [6.45, 7) is 9.77. The van der Waals surface area contributed by atoms with Crippen molar-refractivity contribution in [2.24, 2.45) is 4.99 Å². The first-order chi connectivity index (χ1) is 14.7. The number of hydrogen-bond donors (Lipinski definition) is 0. The Kier molecular flexibility index (Phi) is 6.23. The van der Waals surface area contributed by atoms with Crippen LogP contribution in [0, 0.1) is 6.92 Å². The van der Waals surface area contributed by atoms with Gasteiger partial charge in [-0.05, 0) is 42.5 Å². The summed E-state index contributed by atoms with van der Waals surface area (Å²) >= 11 is 1.45. The number of rotatable bonds is 5. The monoisotopic (exact) mass is 419 g/mol. The molecule has 0 aliphatic carbocycles. The highest BCUT2D eigenvalue weighted by atomic mass is 32.2. The van der Waals surface area contributed by atoms with Gasteiger partial charge in [0.2, 0.25) is 0 Å². The van der Waals surface area contributed by atoms with Crippen LogP contribution in [0.1, 0.15) is 11.1 Å². The number of piperazine rings is 1. The maximum Gasteiger partial charge on any atom is 0.286 e. The quantitative estimate of drug-likeness (QED) is 0.533. The number of nitrogens with zero attached hydrogens (tertiary/aromatic N) is 3. The maximum absolute atomic E-state index is 12.5. The van der Waals surface area contributed by atoms with Gasteiger partial charge >= 0.3 is 0 Å². The van der Waals surface area contributed by atoms with E-state index in [1.807, 2.05) is 30.3 Å². The van der Waals surface area contributed by atoms with Crippen molar-refractivity contribution in [2.75, 3.05) is 37.7 Å². The highest BCUT2D eigenvalue weighted by Gasteiger charge is 2.29. The number of aliphatic imine (C=N–C) groups is 1. The third-order valence-corrected chi connectivity index (χ3v) is 6.22. The van der Waals surface area contributed by atoms with Gasteiger partial charge in [0.15, 0.2) is 5.17 Å². The second kappa shape index (κ2) is 9.22. The smallest absolute Gasteiger partial charge is 0.286 e. The van der Waals surface area contributed by atoms with Crippen LogP contribution in [-0.4, -0.2) is 48.8 Å². The highest BCUT2D eigenvalue weighted by molar-refractivity contribution is 8.18. The molecule has 0 aromatic heterocycles. The zero-order valence-electron chi connectivity index (χ0n) is 17.1. The molecule has 0 spiro atoms. The van der Waals surface area contributed by atoms with Crippen LogP contribution in [0.4, 0.5) is 5.69 Å². The normalized spacial score (nSPS) is 18.0. The van der Waals surface area contributed by atoms with Gasteiger partial charge in [-0.25, -0.2) is 0 Å². The lowest BCUT2D eigenvalue weighted by Gasteiger charge is -2.37. The van der Waals surface area contributed by atoms with Crippen LogP contribution in [0.25, 0.3) is 6.08 Å². The van der Waals surface area contributed by atoms with Crippen molar-refractivity contribution in [2.45, 2.75) is 6.92 Å². The Morgan fingerprint density at radius 3 is 2.53 bits per heavy atom. The van der Waals surface area contributed by atoms with Crippen molar-refractivity contribution < 1.29 is 9.53 Å². The van der Waals surface area contributed by atoms with E-state index in [4.69, 9.17) is 4.74 Å². The molecule has 2 aromatic rings. The number of aryl methyl sites for hydroxylation is 1. The van der Waals surface area contributed by atoms with Crippen LogP contribution in [0.3, 0.4) is 0 Å². The van der Waals surface area contributed by atoms with Crippen molar-refractivity contribution >= 4 is 34.6 Å². The topological polar surface area (TPSA) is 45.1 Å². The second-order valence-corrected chi connectivity index (χ2v) is 8.22. The lowest BCUT2D eigenvalue weighted by Crippen LogP contribution is -2.48. The van der Waals surface area contributed by atoms with Crippen LogP contribution >= 0.6 is 11.8 Å². The molecule has 1 saturated heterocycles. The SMILES string of the molecule is C=CCOc1ccccc1/C=C1/SC(N2CCN(c3ccccc3C)CC2)=NC1=O. The molecule has 2 aromatic carbocycles. The molecule has 4 rings (SSSR count). The number of benzene rings is 2. The zero-order valence-corrected chi connectivity index (χ0v) is 17.9. The summed E-state index contributed by atoms with van der Waals surface area (Å²) in [6, 6.07) is 16.2. The molecule has 2 aliphatic heterocycles. The van der Waals surface area contributed by atoms with E-state index >= 15 is 0 Å². The largest absolute Gasteiger partial charge is 0.489 e. The predicted octanol–water partition coefficient (Wildman–Crippen LogP) is 4.35. The van der Waals surface area contributed by atoms with E-state index in [1.54, 1.807) is 6.08 Å². The summed E-state index contributed by atoms with van der Waals surface area (Å²) in [6.07, 6.45) is 3.57. The Morgan fingerprint density at radius 2 is 1.77 bits per heavy atom. The summed E-state index contributed by atoms with van der Waals surface area (Å²) in [7, 11) is 0. The van der Waals surface area contributed by atoms with Gasteiger partial charge in [-0.2, -0.15) is 4.99 Å². The fourth-order valence-electron chi connectivity index (χ4n) is 3.61. The summed E-state index contributed by atoms with van der Waals surface area (Å²) in [5, 5.41) is 0.792. The van der Waals surface area contributed by atoms with Crippen LogP contribution in [0.2, 0.25) is 0 Å². The molecule has 2 aliphatic rings. The third kappa shape index (κ3) is 4.44. The summed E-state index contributed by atoms with van der Waals surface area (Å²) in [4.78, 5) is 22.1. The minimum atomic E-state index is -0.185. The molecule has 0 saturated carbocycles. The first kappa shape index (κ1) is 20.3. The Bertz CT molecular complexity index is 1010. The summed E-state index contributed by atoms with van der Waals surface area (Å²) < 4.78 is 5.70. The zero-order chi connectivity index (χ0) is 20.9. The Hall–Kier alpha value is -2.99. The highest BCUT2D eigenvalue weighted by Crippen LogP contribution is 2.33. The van der Waals surface area contributed by atoms with Gasteiger partial charge < -0.3 is 14.5 Å². The van der Waals surface area contributed by atoms with E-state index in [0.717, 1.165) is 42.7 Å². The van der Waals surface area contributed by atoms with Gasteiger partial charge in [0.1, 0.15) is 12.4 Å². The summed E-state index contributed by atoms with van der Waals surface area (Å²) in [5.41, 5.74) is 3.44. The lowest BCUT2D eigenvalue weighted by atomic mass is 10.1. The number of para-hydroxylation sites is 2. The summed E-state index contributed by atoms with van der Waals surface area (Å²) in [5.74, 6) is 0.549. The number of carbonyl (C=O) groups is 1. The van der Waals surface area contributed by atoms with Crippen molar-refractivity contribution in [1.29, 1.82) is 0 Å². The van der Waals surface area contributed by atoms with Gasteiger partial charge in [0.25, 0.3) is 5.91 Å². The van der Waals surface area contributed by atoms with Crippen LogP contribution in [-0.2, 0) is 4.79 Å². The minimum absolute atomic E-state index is 0.185. The predicted molar refractivity (Wildman–Crippen MR) is 125 cm³/mol. The molecular weight excluding hydrogens is 394 g/mol. The second-order valence-electron chi connectivity index (χ2n) is 7.21. The van der Waals surface area contributed by atoms with Gasteiger partial charge in [0.05, 0.1) is 4.91 Å². The molecular formula is C24H25N3O2S. The van der Waals surface area contributed by atoms with E-state index in [0.29, 0.717) is 11.5 Å². The molecule has 0 unspecified atom stereocenters. The van der Waals surface area contributed by atoms with Crippen molar-refractivity contribution in [3.05, 3.63) is 77.2 Å². The first-order valence-electron chi connectivity index (χ1n) is 10.1. The average molecular weight is 420 g/mol. The number of thioether (sulfide) groups is 1. The van der Waals surface area contributed by atoms with Gasteiger partial charge in [-0.15, -0.1) is 0 Å². The molecule has 2 heterocycles. The molecule has 5 nitrogen and oxygen atoms in total. The Labute approximate surface area is 181 Å². The number of carbonyl (C=O) groups excluding carboxylic acids is 1. The van der Waals surface area contributed by atoms with E-state index in [-0.39, 0.29) is 5.91 Å². The van der Waals surface area contributed by atoms with Gasteiger partial charge in [-0.3, -0.25) is 4.79 Å². The van der Waals surface area contributed by atoms with E-state index < -0.39 is 0 Å². The average Bonchev–Trinajstić information content (AvgIpc) is 3.14. The fraction of sp³-hybridized carbons (Fsp3) is 0.250. The Morgan fingerprint density at radius 1 is 1.07 bits per heavy atom. The van der Waals surface area contributed by atoms with Crippen molar-refractivity contribution in [3.8, 4) is 5.75 Å². The van der Waals surface area contributed by atoms with Crippen LogP contribution < -0.4 is 9.64 Å². The number of anilines is 1.